The van der Waals surface area contributed by atoms with Crippen molar-refractivity contribution >= 4 is 0 Å². The van der Waals surface area contributed by atoms with Crippen molar-refractivity contribution < 1.29 is 9.47 Å². The number of nitrogens with zero attached hydrogens (tertiary/aromatic N) is 2. The zero-order valence-corrected chi connectivity index (χ0v) is 10.9. The molecular formula is C13H21N3O2. The van der Waals surface area contributed by atoms with Crippen LogP contribution >= 0.6 is 0 Å². The summed E-state index contributed by atoms with van der Waals surface area (Å²) in [5.74, 6) is 0.836. The normalized spacial score (nSPS) is 14.9. The van der Waals surface area contributed by atoms with E-state index in [2.05, 4.69) is 15.3 Å². The van der Waals surface area contributed by atoms with Crippen LogP contribution in [0.4, 0.5) is 0 Å². The van der Waals surface area contributed by atoms with Crippen LogP contribution in [0.2, 0.25) is 0 Å². The minimum atomic E-state index is 0.625. The topological polar surface area (TPSA) is 56.3 Å². The molecule has 5 nitrogen and oxygen atoms in total. The predicted molar refractivity (Wildman–Crippen MR) is 68.3 cm³/mol. The van der Waals surface area contributed by atoms with Crippen LogP contribution in [-0.4, -0.2) is 42.9 Å². The first kappa shape index (κ1) is 13.4. The molecule has 0 radical (unpaired) electrons. The number of hydrogen-bond acceptors (Lipinski definition) is 5. The van der Waals surface area contributed by atoms with Crippen molar-refractivity contribution in [2.45, 2.75) is 31.8 Å². The lowest BCUT2D eigenvalue weighted by molar-refractivity contribution is 0.0716. The van der Waals surface area contributed by atoms with E-state index in [0.29, 0.717) is 19.8 Å². The molecule has 18 heavy (non-hydrogen) atoms. The summed E-state index contributed by atoms with van der Waals surface area (Å²) in [6, 6.07) is 0.721. The number of nitrogens with one attached hydrogen (secondary N) is 1. The summed E-state index contributed by atoms with van der Waals surface area (Å²) in [4.78, 5) is 8.66. The third-order valence-electron chi connectivity index (χ3n) is 2.83. The van der Waals surface area contributed by atoms with Crippen molar-refractivity contribution in [1.29, 1.82) is 0 Å². The van der Waals surface area contributed by atoms with E-state index >= 15 is 0 Å². The molecule has 5 heteroatoms. The van der Waals surface area contributed by atoms with Crippen LogP contribution < -0.4 is 5.32 Å². The van der Waals surface area contributed by atoms with Gasteiger partial charge in [0.25, 0.3) is 0 Å². The quantitative estimate of drug-likeness (QED) is 0.662. The van der Waals surface area contributed by atoms with Gasteiger partial charge in [0.1, 0.15) is 5.82 Å². The molecule has 2 rings (SSSR count). The number of hydrogen-bond donors (Lipinski definition) is 1. The molecule has 1 aliphatic rings. The second kappa shape index (κ2) is 7.41. The Balaban J connectivity index is 1.63. The summed E-state index contributed by atoms with van der Waals surface area (Å²) in [7, 11) is 1.67. The van der Waals surface area contributed by atoms with E-state index in [-0.39, 0.29) is 0 Å². The number of methoxy groups -OCH3 is 1. The SMILES string of the molecule is COCCOCCc1ncc(CNC2CC2)cn1. The van der Waals surface area contributed by atoms with Crippen molar-refractivity contribution in [1.82, 2.24) is 15.3 Å². The first-order chi connectivity index (χ1) is 8.88. The Bertz CT molecular complexity index is 339. The number of ether oxygens (including phenoxy) is 2. The van der Waals surface area contributed by atoms with Crippen molar-refractivity contribution in [3.05, 3.63) is 23.8 Å². The molecule has 1 aromatic rings. The van der Waals surface area contributed by atoms with Gasteiger partial charge < -0.3 is 14.8 Å². The Morgan fingerprint density at radius 3 is 2.67 bits per heavy atom. The van der Waals surface area contributed by atoms with Crippen LogP contribution in [-0.2, 0) is 22.4 Å². The standard InChI is InChI=1S/C13H21N3O2/c1-17-6-7-18-5-4-13-15-9-11(10-16-13)8-14-12-2-3-12/h9-10,12,14H,2-8H2,1H3. The third kappa shape index (κ3) is 5.08. The lowest BCUT2D eigenvalue weighted by Crippen LogP contribution is -2.16. The fourth-order valence-electron chi connectivity index (χ4n) is 1.56. The lowest BCUT2D eigenvalue weighted by Gasteiger charge is -2.04. The molecule has 1 fully saturated rings. The fraction of sp³-hybridized carbons (Fsp3) is 0.692. The third-order valence-corrected chi connectivity index (χ3v) is 2.83. The van der Waals surface area contributed by atoms with Gasteiger partial charge in [-0.05, 0) is 12.8 Å². The lowest BCUT2D eigenvalue weighted by atomic mass is 10.3. The Morgan fingerprint density at radius 1 is 1.22 bits per heavy atom. The van der Waals surface area contributed by atoms with E-state index < -0.39 is 0 Å². The second-order valence-electron chi connectivity index (χ2n) is 4.52. The monoisotopic (exact) mass is 251 g/mol. The molecule has 1 saturated carbocycles. The zero-order valence-electron chi connectivity index (χ0n) is 10.9. The van der Waals surface area contributed by atoms with Crippen molar-refractivity contribution in [3.8, 4) is 0 Å². The molecule has 0 aromatic carbocycles. The average Bonchev–Trinajstić information content (AvgIpc) is 3.22. The van der Waals surface area contributed by atoms with Gasteiger partial charge in [-0.2, -0.15) is 0 Å². The van der Waals surface area contributed by atoms with E-state index in [0.717, 1.165) is 30.4 Å². The van der Waals surface area contributed by atoms with Crippen LogP contribution in [0.1, 0.15) is 24.2 Å². The first-order valence-electron chi connectivity index (χ1n) is 6.48. The molecule has 0 bridgehead atoms. The Labute approximate surface area is 108 Å². The summed E-state index contributed by atoms with van der Waals surface area (Å²) < 4.78 is 10.3. The number of aromatic nitrogens is 2. The molecule has 0 atom stereocenters. The van der Waals surface area contributed by atoms with Gasteiger partial charge in [-0.1, -0.05) is 0 Å². The molecule has 1 aliphatic carbocycles. The average molecular weight is 251 g/mol. The van der Waals surface area contributed by atoms with Gasteiger partial charge in [0.2, 0.25) is 0 Å². The van der Waals surface area contributed by atoms with Crippen LogP contribution in [0.15, 0.2) is 12.4 Å². The maximum absolute atomic E-state index is 5.38. The molecule has 1 N–H and O–H groups in total. The molecule has 0 spiro atoms. The first-order valence-corrected chi connectivity index (χ1v) is 6.48. The van der Waals surface area contributed by atoms with E-state index in [1.807, 2.05) is 12.4 Å². The van der Waals surface area contributed by atoms with Gasteiger partial charge in [0.15, 0.2) is 0 Å². The van der Waals surface area contributed by atoms with Crippen molar-refractivity contribution in [3.63, 3.8) is 0 Å². The highest BCUT2D eigenvalue weighted by Crippen LogP contribution is 2.18. The molecule has 0 saturated heterocycles. The summed E-state index contributed by atoms with van der Waals surface area (Å²) in [6.07, 6.45) is 7.15. The smallest absolute Gasteiger partial charge is 0.130 e. The number of rotatable bonds is 9. The second-order valence-corrected chi connectivity index (χ2v) is 4.52. The van der Waals surface area contributed by atoms with Crippen molar-refractivity contribution in [2.24, 2.45) is 0 Å². The van der Waals surface area contributed by atoms with E-state index in [9.17, 15) is 0 Å². The summed E-state index contributed by atoms with van der Waals surface area (Å²) >= 11 is 0. The maximum atomic E-state index is 5.38. The van der Waals surface area contributed by atoms with Crippen LogP contribution in [0.5, 0.6) is 0 Å². The van der Waals surface area contributed by atoms with Gasteiger partial charge >= 0.3 is 0 Å². The molecular weight excluding hydrogens is 230 g/mol. The Morgan fingerprint density at radius 2 is 2.00 bits per heavy atom. The minimum Gasteiger partial charge on any atom is -0.382 e. The highest BCUT2D eigenvalue weighted by Gasteiger charge is 2.19. The Hall–Kier alpha value is -1.04. The van der Waals surface area contributed by atoms with E-state index in [1.54, 1.807) is 7.11 Å². The fourth-order valence-corrected chi connectivity index (χ4v) is 1.56. The molecule has 1 heterocycles. The van der Waals surface area contributed by atoms with Gasteiger partial charge in [0, 0.05) is 44.1 Å². The summed E-state index contributed by atoms with van der Waals surface area (Å²) in [5, 5.41) is 3.44. The molecule has 1 aromatic heterocycles. The predicted octanol–water partition coefficient (Wildman–Crippen LogP) is 0.934. The summed E-state index contributed by atoms with van der Waals surface area (Å²) in [6.45, 7) is 2.77. The van der Waals surface area contributed by atoms with Crippen LogP contribution in [0, 0.1) is 0 Å². The van der Waals surface area contributed by atoms with E-state index in [4.69, 9.17) is 9.47 Å². The molecule has 0 amide bonds. The van der Waals surface area contributed by atoms with Gasteiger partial charge in [-0.25, -0.2) is 9.97 Å². The largest absolute Gasteiger partial charge is 0.382 e. The van der Waals surface area contributed by atoms with Gasteiger partial charge in [-0.15, -0.1) is 0 Å². The highest BCUT2D eigenvalue weighted by atomic mass is 16.5. The van der Waals surface area contributed by atoms with Crippen molar-refractivity contribution in [2.75, 3.05) is 26.9 Å². The molecule has 100 valence electrons. The van der Waals surface area contributed by atoms with E-state index in [1.165, 1.54) is 12.8 Å². The van der Waals surface area contributed by atoms with Gasteiger partial charge in [0.05, 0.1) is 19.8 Å². The zero-order chi connectivity index (χ0) is 12.6. The highest BCUT2D eigenvalue weighted by molar-refractivity contribution is 5.05. The minimum absolute atomic E-state index is 0.625. The van der Waals surface area contributed by atoms with Gasteiger partial charge in [-0.3, -0.25) is 0 Å². The molecule has 0 unspecified atom stereocenters. The maximum Gasteiger partial charge on any atom is 0.130 e. The molecule has 0 aliphatic heterocycles. The van der Waals surface area contributed by atoms with Crippen LogP contribution in [0.3, 0.4) is 0 Å². The Kier molecular flexibility index (Phi) is 5.51. The summed E-state index contributed by atoms with van der Waals surface area (Å²) in [5.41, 5.74) is 1.14. The van der Waals surface area contributed by atoms with Crippen LogP contribution in [0.25, 0.3) is 0 Å².